The van der Waals surface area contributed by atoms with E-state index in [0.717, 1.165) is 28.8 Å². The molecule has 0 radical (unpaired) electrons. The van der Waals surface area contributed by atoms with Gasteiger partial charge < -0.3 is 20.3 Å². The van der Waals surface area contributed by atoms with Gasteiger partial charge in [0.05, 0.1) is 6.07 Å². The summed E-state index contributed by atoms with van der Waals surface area (Å²) in [6, 6.07) is 15.9. The first-order valence-electron chi connectivity index (χ1n) is 12.3. The predicted octanol–water partition coefficient (Wildman–Crippen LogP) is 3.42. The summed E-state index contributed by atoms with van der Waals surface area (Å²) in [5.74, 6) is -0.126. The van der Waals surface area contributed by atoms with Crippen molar-refractivity contribution in [2.24, 2.45) is 0 Å². The second-order valence-corrected chi connectivity index (χ2v) is 8.64. The van der Waals surface area contributed by atoms with E-state index in [1.807, 2.05) is 70.6 Å². The molecule has 3 unspecified atom stereocenters. The van der Waals surface area contributed by atoms with Crippen molar-refractivity contribution in [3.05, 3.63) is 60.0 Å². The van der Waals surface area contributed by atoms with E-state index in [1.54, 1.807) is 4.90 Å². The summed E-state index contributed by atoms with van der Waals surface area (Å²) in [6.07, 6.45) is 3.07. The molecule has 8 heteroatoms. The van der Waals surface area contributed by atoms with Gasteiger partial charge in [-0.25, -0.2) is 0 Å². The Bertz CT molecular complexity index is 1070. The zero-order chi connectivity index (χ0) is 25.4. The second kappa shape index (κ2) is 14.5. The summed E-state index contributed by atoms with van der Waals surface area (Å²) >= 11 is 0. The Morgan fingerprint density at radius 1 is 1.22 bits per heavy atom. The number of nitrogens with one attached hydrogen (secondary N) is 2. The Hall–Kier alpha value is -2.16. The van der Waals surface area contributed by atoms with Crippen LogP contribution in [0.2, 0.25) is 0 Å². The van der Waals surface area contributed by atoms with E-state index in [4.69, 9.17) is 4.74 Å². The molecular weight excluding hydrogens is 678 g/mol. The van der Waals surface area contributed by atoms with E-state index in [1.165, 1.54) is 5.56 Å². The first-order valence-corrected chi connectivity index (χ1v) is 12.3. The van der Waals surface area contributed by atoms with Gasteiger partial charge in [-0.05, 0) is 40.8 Å². The number of rotatable bonds is 5. The van der Waals surface area contributed by atoms with Crippen LogP contribution in [0.5, 0.6) is 0 Å². The maximum atomic E-state index is 12.6. The number of anilines is 1. The van der Waals surface area contributed by atoms with Crippen LogP contribution in [0.15, 0.2) is 42.5 Å². The number of hydrogen-bond donors (Lipinski definition) is 2. The van der Waals surface area contributed by atoms with E-state index >= 15 is 0 Å². The van der Waals surface area contributed by atoms with Crippen molar-refractivity contribution in [2.45, 2.75) is 58.2 Å². The van der Waals surface area contributed by atoms with Gasteiger partial charge in [-0.15, -0.1) is 6.04 Å². The smallest absolute Gasteiger partial charge is 0.251 e. The summed E-state index contributed by atoms with van der Waals surface area (Å²) in [7, 11) is 1.82. The Labute approximate surface area is 238 Å². The largest absolute Gasteiger partial charge is 0.399 e. The van der Waals surface area contributed by atoms with E-state index in [0.29, 0.717) is 26.0 Å². The minimum Gasteiger partial charge on any atom is -0.399 e. The molecule has 190 valence electrons. The van der Waals surface area contributed by atoms with Crippen LogP contribution in [0.4, 0.5) is 5.69 Å². The van der Waals surface area contributed by atoms with Gasteiger partial charge >= 0.3 is 0 Å². The van der Waals surface area contributed by atoms with Crippen LogP contribution in [0.25, 0.3) is 11.1 Å². The molecule has 2 aromatic carbocycles. The van der Waals surface area contributed by atoms with Gasteiger partial charge in [0.2, 0.25) is 5.91 Å². The van der Waals surface area contributed by atoms with Crippen molar-refractivity contribution < 1.29 is 45.4 Å². The zero-order valence-corrected chi connectivity index (χ0v) is 25.7. The standard InChI is InChI=1S/C26H29N4O3.C2H6.U/c1-17-11-12-33-24(16-28-17)26(32)29-22(15-27)13-18-3-5-19(6-4-18)20-7-9-23-21(14-20)8-10-25(31)30(23)2;1-2;/h3-7,9,11,14,17,22,24,28H,8,10,12-13,16H2,1-2H3,(H,29,32);1-2H3;/q-1;;. The van der Waals surface area contributed by atoms with Gasteiger partial charge in [-0.1, -0.05) is 57.7 Å². The summed E-state index contributed by atoms with van der Waals surface area (Å²) in [5.41, 5.74) is 5.28. The molecule has 36 heavy (non-hydrogen) atoms. The summed E-state index contributed by atoms with van der Waals surface area (Å²) in [5, 5.41) is 15.6. The predicted molar refractivity (Wildman–Crippen MR) is 138 cm³/mol. The molecule has 2 N–H and O–H groups in total. The number of nitriles is 1. The zero-order valence-electron chi connectivity index (χ0n) is 21.5. The topological polar surface area (TPSA) is 94.5 Å². The van der Waals surface area contributed by atoms with Crippen molar-refractivity contribution in [1.29, 1.82) is 5.26 Å². The number of nitrogens with zero attached hydrogens (tertiary/aromatic N) is 2. The molecule has 2 aromatic rings. The molecule has 2 aliphatic rings. The van der Waals surface area contributed by atoms with Gasteiger partial charge in [0, 0.05) is 63.2 Å². The molecule has 0 bridgehead atoms. The molecule has 0 saturated carbocycles. The number of ether oxygens (including phenoxy) is 1. The molecule has 4 rings (SSSR count). The molecule has 0 spiro atoms. The van der Waals surface area contributed by atoms with Gasteiger partial charge in [0.1, 0.15) is 12.1 Å². The van der Waals surface area contributed by atoms with Crippen LogP contribution in [0.1, 0.15) is 38.3 Å². The number of carbonyl (C=O) groups excluding carboxylic acids is 2. The Balaban J connectivity index is 0.00000148. The first kappa shape index (κ1) is 30.1. The SMILES string of the molecule is CC.CC1[CH-]COC(C(=O)NC(C#N)Cc2ccc(-c3ccc4c(c3)CCC(=O)N4C)cc2)CN1.[U]. The maximum absolute atomic E-state index is 12.6. The summed E-state index contributed by atoms with van der Waals surface area (Å²) < 4.78 is 5.59. The van der Waals surface area contributed by atoms with Gasteiger partial charge in [0.25, 0.3) is 5.91 Å². The molecule has 7 nitrogen and oxygen atoms in total. The van der Waals surface area contributed by atoms with Gasteiger partial charge in [0.15, 0.2) is 0 Å². The van der Waals surface area contributed by atoms with Crippen LogP contribution in [0, 0.1) is 48.9 Å². The van der Waals surface area contributed by atoms with Crippen molar-refractivity contribution in [3.63, 3.8) is 0 Å². The van der Waals surface area contributed by atoms with Crippen LogP contribution < -0.4 is 15.5 Å². The first-order chi connectivity index (χ1) is 16.9. The van der Waals surface area contributed by atoms with E-state index in [2.05, 4.69) is 22.8 Å². The molecule has 2 amide bonds. The van der Waals surface area contributed by atoms with Crippen LogP contribution in [-0.4, -0.2) is 50.2 Å². The normalized spacial score (nSPS) is 19.9. The minimum absolute atomic E-state index is 0. The van der Waals surface area contributed by atoms with Crippen molar-refractivity contribution in [1.82, 2.24) is 10.6 Å². The summed E-state index contributed by atoms with van der Waals surface area (Å²) in [6.45, 7) is 6.83. The number of amides is 2. The summed E-state index contributed by atoms with van der Waals surface area (Å²) in [4.78, 5) is 26.2. The van der Waals surface area contributed by atoms with E-state index < -0.39 is 12.1 Å². The number of benzene rings is 2. The fourth-order valence-electron chi connectivity index (χ4n) is 4.22. The number of carbonyl (C=O) groups is 2. The van der Waals surface area contributed by atoms with Gasteiger partial charge in [-0.3, -0.25) is 16.0 Å². The van der Waals surface area contributed by atoms with Crippen molar-refractivity contribution in [2.75, 3.05) is 25.1 Å². The average molecular weight is 714 g/mol. The Kier molecular flexibility index (Phi) is 12.2. The van der Waals surface area contributed by atoms with Gasteiger partial charge in [-0.2, -0.15) is 5.26 Å². The fraction of sp³-hybridized carbons (Fsp3) is 0.429. The fourth-order valence-corrected chi connectivity index (χ4v) is 4.22. The van der Waals surface area contributed by atoms with Crippen molar-refractivity contribution >= 4 is 17.5 Å². The Morgan fingerprint density at radius 3 is 2.61 bits per heavy atom. The Morgan fingerprint density at radius 2 is 1.92 bits per heavy atom. The number of fused-ring (bicyclic) bond motifs is 1. The molecular formula is C28H35N4O3U-. The quantitative estimate of drug-likeness (QED) is 0.464. The average Bonchev–Trinajstić information content (AvgIpc) is 3.11. The van der Waals surface area contributed by atoms with E-state index in [-0.39, 0.29) is 49.0 Å². The third-order valence-electron chi connectivity index (χ3n) is 6.29. The molecule has 1 saturated heterocycles. The third-order valence-corrected chi connectivity index (χ3v) is 6.29. The number of aryl methyl sites for hydroxylation is 1. The molecule has 2 aliphatic heterocycles. The molecule has 2 heterocycles. The number of hydrogen-bond acceptors (Lipinski definition) is 5. The van der Waals surface area contributed by atoms with Crippen LogP contribution >= 0.6 is 0 Å². The maximum Gasteiger partial charge on any atom is 0.251 e. The monoisotopic (exact) mass is 713 g/mol. The minimum atomic E-state index is -0.631. The third kappa shape index (κ3) is 7.67. The van der Waals surface area contributed by atoms with E-state index in [9.17, 15) is 14.9 Å². The van der Waals surface area contributed by atoms with Crippen molar-refractivity contribution in [3.8, 4) is 17.2 Å². The molecule has 1 fully saturated rings. The second-order valence-electron chi connectivity index (χ2n) is 8.64. The van der Waals surface area contributed by atoms with Crippen LogP contribution in [0.3, 0.4) is 0 Å². The molecule has 0 aliphatic carbocycles. The molecule has 3 atom stereocenters. The van der Waals surface area contributed by atoms with Crippen LogP contribution in [-0.2, 0) is 27.2 Å². The molecule has 0 aromatic heterocycles.